The number of halogens is 3. The first-order valence-corrected chi connectivity index (χ1v) is 8.43. The number of rotatable bonds is 5. The number of hydrogen-bond acceptors (Lipinski definition) is 6. The quantitative estimate of drug-likeness (QED) is 0.456. The van der Waals surface area contributed by atoms with Gasteiger partial charge in [0.1, 0.15) is 5.75 Å². The highest BCUT2D eigenvalue weighted by atomic mass is 19.4. The van der Waals surface area contributed by atoms with Crippen molar-refractivity contribution in [1.29, 1.82) is 0 Å². The lowest BCUT2D eigenvalue weighted by atomic mass is 10.1. The Morgan fingerprint density at radius 2 is 1.83 bits per heavy atom. The summed E-state index contributed by atoms with van der Waals surface area (Å²) in [5, 5.41) is 0. The molecule has 0 aliphatic heterocycles. The summed E-state index contributed by atoms with van der Waals surface area (Å²) < 4.78 is 46.1. The minimum Gasteiger partial charge on any atom is -0.434 e. The second-order valence-corrected chi connectivity index (χ2v) is 6.05. The number of ketones is 1. The minimum atomic E-state index is -4.78. The number of carbonyl (C=O) groups excluding carboxylic acids is 1. The normalized spacial score (nSPS) is 11.6. The van der Waals surface area contributed by atoms with E-state index in [0.717, 1.165) is 12.1 Å². The van der Waals surface area contributed by atoms with Crippen molar-refractivity contribution >= 4 is 17.0 Å². The Balaban J connectivity index is 1.51. The fourth-order valence-corrected chi connectivity index (χ4v) is 2.71. The van der Waals surface area contributed by atoms with E-state index < -0.39 is 12.1 Å². The molecule has 0 saturated heterocycles. The van der Waals surface area contributed by atoms with Gasteiger partial charge in [-0.15, -0.1) is 13.2 Å². The summed E-state index contributed by atoms with van der Waals surface area (Å²) in [6.07, 6.45) is -1.68. The molecule has 0 aliphatic carbocycles. The predicted octanol–water partition coefficient (Wildman–Crippen LogP) is 4.61. The van der Waals surface area contributed by atoms with Gasteiger partial charge in [0.2, 0.25) is 5.89 Å². The van der Waals surface area contributed by atoms with Crippen LogP contribution in [0.25, 0.3) is 22.7 Å². The summed E-state index contributed by atoms with van der Waals surface area (Å²) in [7, 11) is 0. The van der Waals surface area contributed by atoms with Crippen molar-refractivity contribution in [1.82, 2.24) is 15.0 Å². The smallest absolute Gasteiger partial charge is 0.434 e. The van der Waals surface area contributed by atoms with Gasteiger partial charge in [0.25, 0.3) is 0 Å². The van der Waals surface area contributed by atoms with Crippen molar-refractivity contribution in [3.8, 4) is 17.2 Å². The number of oxazole rings is 1. The Morgan fingerprint density at radius 1 is 1.03 bits per heavy atom. The summed E-state index contributed by atoms with van der Waals surface area (Å²) in [5.41, 5.74) is 2.36. The van der Waals surface area contributed by atoms with Gasteiger partial charge < -0.3 is 9.15 Å². The highest BCUT2D eigenvalue weighted by Gasteiger charge is 2.31. The average molecular weight is 399 g/mol. The van der Waals surface area contributed by atoms with Crippen LogP contribution in [0.15, 0.2) is 65.3 Å². The number of pyridine rings is 2. The standard InChI is InChI=1S/C20H12F3N3O3/c21-20(22,23)29-15-5-3-12(4-6-15)16(27)11-14-10-13(7-9-24-14)19-26-18-17(28-19)2-1-8-25-18/h1-10H,11H2. The van der Waals surface area contributed by atoms with Gasteiger partial charge in [-0.2, -0.15) is 4.98 Å². The third-order valence-electron chi connectivity index (χ3n) is 3.98. The van der Waals surface area contributed by atoms with Gasteiger partial charge in [0, 0.05) is 29.2 Å². The first-order chi connectivity index (χ1) is 13.9. The Morgan fingerprint density at radius 3 is 2.55 bits per heavy atom. The lowest BCUT2D eigenvalue weighted by molar-refractivity contribution is -0.274. The maximum atomic E-state index is 12.4. The van der Waals surface area contributed by atoms with E-state index in [1.165, 1.54) is 18.3 Å². The zero-order chi connectivity index (χ0) is 20.4. The molecule has 4 aromatic rings. The fraction of sp³-hybridized carbons (Fsp3) is 0.100. The molecule has 3 heterocycles. The second kappa shape index (κ2) is 7.34. The third kappa shape index (κ3) is 4.40. The topological polar surface area (TPSA) is 78.1 Å². The fourth-order valence-electron chi connectivity index (χ4n) is 2.71. The molecule has 0 bridgehead atoms. The lowest BCUT2D eigenvalue weighted by Crippen LogP contribution is -2.17. The lowest BCUT2D eigenvalue weighted by Gasteiger charge is -2.09. The molecule has 0 radical (unpaired) electrons. The number of alkyl halides is 3. The van der Waals surface area contributed by atoms with Crippen molar-refractivity contribution in [3.63, 3.8) is 0 Å². The highest BCUT2D eigenvalue weighted by molar-refractivity contribution is 5.97. The number of carbonyl (C=O) groups is 1. The van der Waals surface area contributed by atoms with Crippen molar-refractivity contribution in [3.05, 3.63) is 72.2 Å². The molecule has 0 saturated carbocycles. The van der Waals surface area contributed by atoms with Crippen LogP contribution in [0.4, 0.5) is 13.2 Å². The molecule has 1 aromatic carbocycles. The molecule has 3 aromatic heterocycles. The Labute approximate surface area is 162 Å². The molecule has 9 heteroatoms. The number of Topliss-reactive ketones (excluding diaryl/α,β-unsaturated/α-hetero) is 1. The first-order valence-electron chi connectivity index (χ1n) is 8.43. The molecule has 0 atom stereocenters. The highest BCUT2D eigenvalue weighted by Crippen LogP contribution is 2.25. The third-order valence-corrected chi connectivity index (χ3v) is 3.98. The molecule has 0 unspecified atom stereocenters. The molecule has 0 amide bonds. The van der Waals surface area contributed by atoms with Crippen LogP contribution in [0, 0.1) is 0 Å². The maximum absolute atomic E-state index is 12.4. The van der Waals surface area contributed by atoms with Crippen LogP contribution in [0.2, 0.25) is 0 Å². The molecule has 0 spiro atoms. The van der Waals surface area contributed by atoms with Gasteiger partial charge in [-0.3, -0.25) is 9.78 Å². The molecule has 0 aliphatic rings. The SMILES string of the molecule is O=C(Cc1cc(-c2nc3ncccc3o2)ccn1)c1ccc(OC(F)(F)F)cc1. The number of aromatic nitrogens is 3. The van der Waals surface area contributed by atoms with Crippen LogP contribution in [-0.4, -0.2) is 27.1 Å². The molecule has 4 rings (SSSR count). The maximum Gasteiger partial charge on any atom is 0.573 e. The molecule has 0 fully saturated rings. The van der Waals surface area contributed by atoms with Crippen molar-refractivity contribution in [2.75, 3.05) is 0 Å². The Hall–Kier alpha value is -3.75. The van der Waals surface area contributed by atoms with Crippen molar-refractivity contribution < 1.29 is 27.1 Å². The van der Waals surface area contributed by atoms with E-state index in [2.05, 4.69) is 19.7 Å². The number of hydrogen-bond donors (Lipinski definition) is 0. The van der Waals surface area contributed by atoms with Gasteiger partial charge in [-0.05, 0) is 48.5 Å². The largest absolute Gasteiger partial charge is 0.573 e. The average Bonchev–Trinajstić information content (AvgIpc) is 3.12. The zero-order valence-electron chi connectivity index (χ0n) is 14.7. The van der Waals surface area contributed by atoms with Crippen molar-refractivity contribution in [2.24, 2.45) is 0 Å². The number of benzene rings is 1. The molecular formula is C20H12F3N3O3. The summed E-state index contributed by atoms with van der Waals surface area (Å²) in [4.78, 5) is 25.0. The van der Waals surface area contributed by atoms with Crippen LogP contribution >= 0.6 is 0 Å². The number of fused-ring (bicyclic) bond motifs is 1. The van der Waals surface area contributed by atoms with Crippen molar-refractivity contribution in [2.45, 2.75) is 12.8 Å². The first kappa shape index (κ1) is 18.6. The molecule has 29 heavy (non-hydrogen) atoms. The van der Waals surface area contributed by atoms with Crippen LogP contribution in [0.1, 0.15) is 16.1 Å². The summed E-state index contributed by atoms with van der Waals surface area (Å²) >= 11 is 0. The van der Waals surface area contributed by atoms with Gasteiger partial charge in [-0.1, -0.05) is 0 Å². The number of ether oxygens (including phenoxy) is 1. The molecular weight excluding hydrogens is 387 g/mol. The second-order valence-electron chi connectivity index (χ2n) is 6.05. The van der Waals surface area contributed by atoms with E-state index in [9.17, 15) is 18.0 Å². The minimum absolute atomic E-state index is 0.0359. The van der Waals surface area contributed by atoms with E-state index in [-0.39, 0.29) is 17.8 Å². The summed E-state index contributed by atoms with van der Waals surface area (Å²) in [6.45, 7) is 0. The van der Waals surface area contributed by atoms with E-state index in [1.54, 1.807) is 30.5 Å². The molecule has 6 nitrogen and oxygen atoms in total. The van der Waals surface area contributed by atoms with E-state index in [0.29, 0.717) is 28.4 Å². The Bertz CT molecular complexity index is 1140. The molecule has 0 N–H and O–H groups in total. The number of nitrogens with zero attached hydrogens (tertiary/aromatic N) is 3. The van der Waals surface area contributed by atoms with Crippen LogP contribution < -0.4 is 4.74 Å². The Kier molecular flexibility index (Phi) is 4.71. The predicted molar refractivity (Wildman–Crippen MR) is 96.2 cm³/mol. The summed E-state index contributed by atoms with van der Waals surface area (Å²) in [6, 6.07) is 11.6. The van der Waals surface area contributed by atoms with Gasteiger partial charge in [0.15, 0.2) is 17.0 Å². The van der Waals surface area contributed by atoms with E-state index in [1.807, 2.05) is 0 Å². The van der Waals surface area contributed by atoms with E-state index in [4.69, 9.17) is 4.42 Å². The molecule has 146 valence electrons. The van der Waals surface area contributed by atoms with Crippen LogP contribution in [0.3, 0.4) is 0 Å². The van der Waals surface area contributed by atoms with Gasteiger partial charge in [-0.25, -0.2) is 4.98 Å². The van der Waals surface area contributed by atoms with Crippen LogP contribution in [-0.2, 0) is 6.42 Å². The zero-order valence-corrected chi connectivity index (χ0v) is 14.7. The van der Waals surface area contributed by atoms with Gasteiger partial charge in [0.05, 0.1) is 6.42 Å². The monoisotopic (exact) mass is 399 g/mol. The summed E-state index contributed by atoms with van der Waals surface area (Å²) in [5.74, 6) is -0.338. The van der Waals surface area contributed by atoms with Gasteiger partial charge >= 0.3 is 6.36 Å². The van der Waals surface area contributed by atoms with Crippen LogP contribution in [0.5, 0.6) is 5.75 Å². The van der Waals surface area contributed by atoms with E-state index >= 15 is 0 Å².